The Morgan fingerprint density at radius 1 is 1.55 bits per heavy atom. The van der Waals surface area contributed by atoms with Gasteiger partial charge in [-0.1, -0.05) is 0 Å². The van der Waals surface area contributed by atoms with Crippen molar-refractivity contribution in [3.05, 3.63) is 20.8 Å². The second-order valence-electron chi connectivity index (χ2n) is 5.35. The summed E-state index contributed by atoms with van der Waals surface area (Å²) in [4.78, 5) is 1.30. The number of hydrogen-bond donors (Lipinski definition) is 1. The van der Waals surface area contributed by atoms with Crippen molar-refractivity contribution in [1.82, 2.24) is 9.62 Å². The number of piperidine rings is 1. The monoisotopic (exact) mass is 380 g/mol. The molecule has 2 heterocycles. The minimum atomic E-state index is -3.05. The van der Waals surface area contributed by atoms with E-state index in [1.807, 2.05) is 7.05 Å². The lowest BCUT2D eigenvalue weighted by Crippen LogP contribution is -2.40. The predicted molar refractivity (Wildman–Crippen MR) is 87.6 cm³/mol. The maximum absolute atomic E-state index is 11.7. The number of halogens is 1. The molecular formula is C13H21BrN2O2S2. The number of sulfonamides is 1. The molecule has 114 valence electrons. The molecule has 0 bridgehead atoms. The van der Waals surface area contributed by atoms with Gasteiger partial charge in [0.1, 0.15) is 0 Å². The molecule has 2 unspecified atom stereocenters. The summed E-state index contributed by atoms with van der Waals surface area (Å²) in [7, 11) is -1.09. The summed E-state index contributed by atoms with van der Waals surface area (Å²) in [6.45, 7) is 1.33. The first-order valence-electron chi connectivity index (χ1n) is 6.77. The third-order valence-corrected chi connectivity index (χ3v) is 6.81. The van der Waals surface area contributed by atoms with Crippen LogP contribution >= 0.6 is 27.3 Å². The molecule has 1 saturated heterocycles. The van der Waals surface area contributed by atoms with Crippen molar-refractivity contribution in [3.8, 4) is 0 Å². The average Bonchev–Trinajstić information content (AvgIpc) is 2.82. The minimum Gasteiger partial charge on any atom is -0.312 e. The van der Waals surface area contributed by atoms with Crippen molar-refractivity contribution in [3.63, 3.8) is 0 Å². The highest BCUT2D eigenvalue weighted by Crippen LogP contribution is 2.33. The molecule has 1 aliphatic rings. The Balaban J connectivity index is 2.01. The van der Waals surface area contributed by atoms with E-state index in [1.54, 1.807) is 15.6 Å². The van der Waals surface area contributed by atoms with Crippen LogP contribution in [0.1, 0.15) is 30.2 Å². The maximum atomic E-state index is 11.7. The van der Waals surface area contributed by atoms with Crippen molar-refractivity contribution >= 4 is 37.3 Å². The highest BCUT2D eigenvalue weighted by atomic mass is 79.9. The van der Waals surface area contributed by atoms with Crippen LogP contribution in [0.4, 0.5) is 0 Å². The van der Waals surface area contributed by atoms with E-state index >= 15 is 0 Å². The molecule has 0 amide bonds. The molecule has 0 aliphatic carbocycles. The summed E-state index contributed by atoms with van der Waals surface area (Å²) in [6.07, 6.45) is 4.36. The Labute approximate surface area is 133 Å². The van der Waals surface area contributed by atoms with E-state index in [-0.39, 0.29) is 0 Å². The van der Waals surface area contributed by atoms with Gasteiger partial charge in [0.2, 0.25) is 10.0 Å². The van der Waals surface area contributed by atoms with Gasteiger partial charge in [0, 0.05) is 24.0 Å². The Morgan fingerprint density at radius 3 is 2.85 bits per heavy atom. The van der Waals surface area contributed by atoms with Gasteiger partial charge in [-0.2, -0.15) is 0 Å². The van der Waals surface area contributed by atoms with Gasteiger partial charge < -0.3 is 5.32 Å². The molecule has 1 aliphatic heterocycles. The van der Waals surface area contributed by atoms with Gasteiger partial charge in [0.25, 0.3) is 0 Å². The third kappa shape index (κ3) is 4.27. The molecule has 20 heavy (non-hydrogen) atoms. The van der Waals surface area contributed by atoms with Gasteiger partial charge in [-0.15, -0.1) is 11.3 Å². The Bertz CT molecular complexity index is 544. The smallest absolute Gasteiger partial charge is 0.211 e. The van der Waals surface area contributed by atoms with Gasteiger partial charge in [0.15, 0.2) is 0 Å². The first-order chi connectivity index (χ1) is 9.40. The standard InChI is InChI=1S/C13H21BrN2O2S2/c1-15-11(12-5-6-13(14)19-12)8-10-4-3-7-16(9-10)20(2,17)18/h5-6,10-11,15H,3-4,7-9H2,1-2H3. The number of hydrogen-bond acceptors (Lipinski definition) is 4. The Hall–Kier alpha value is 0.0500. The topological polar surface area (TPSA) is 49.4 Å². The summed E-state index contributed by atoms with van der Waals surface area (Å²) in [6, 6.07) is 4.50. The molecule has 4 nitrogen and oxygen atoms in total. The summed E-state index contributed by atoms with van der Waals surface area (Å²) < 4.78 is 26.1. The summed E-state index contributed by atoms with van der Waals surface area (Å²) >= 11 is 5.23. The zero-order valence-corrected chi connectivity index (χ0v) is 15.0. The predicted octanol–water partition coefficient (Wildman–Crippen LogP) is 2.83. The molecule has 0 saturated carbocycles. The van der Waals surface area contributed by atoms with E-state index in [4.69, 9.17) is 0 Å². The van der Waals surface area contributed by atoms with Crippen LogP contribution in [-0.4, -0.2) is 39.1 Å². The number of rotatable bonds is 5. The fourth-order valence-corrected chi connectivity index (χ4v) is 5.23. The van der Waals surface area contributed by atoms with Gasteiger partial charge in [-0.05, 0) is 60.3 Å². The SMILES string of the molecule is CNC(CC1CCCN(S(C)(=O)=O)C1)c1ccc(Br)s1. The second kappa shape index (κ2) is 6.87. The first kappa shape index (κ1) is 16.4. The fraction of sp³-hybridized carbons (Fsp3) is 0.692. The molecule has 2 atom stereocenters. The van der Waals surface area contributed by atoms with Gasteiger partial charge in [-0.25, -0.2) is 12.7 Å². The van der Waals surface area contributed by atoms with E-state index in [0.29, 0.717) is 25.0 Å². The summed E-state index contributed by atoms with van der Waals surface area (Å²) in [5.74, 6) is 0.428. The number of nitrogens with zero attached hydrogens (tertiary/aromatic N) is 1. The van der Waals surface area contributed by atoms with Gasteiger partial charge in [0.05, 0.1) is 10.0 Å². The zero-order valence-electron chi connectivity index (χ0n) is 11.8. The zero-order chi connectivity index (χ0) is 14.8. The Morgan fingerprint density at radius 2 is 2.30 bits per heavy atom. The molecule has 0 spiro atoms. The van der Waals surface area contributed by atoms with Crippen LogP contribution in [0.5, 0.6) is 0 Å². The highest BCUT2D eigenvalue weighted by Gasteiger charge is 2.28. The van der Waals surface area contributed by atoms with Gasteiger partial charge >= 0.3 is 0 Å². The molecule has 7 heteroatoms. The summed E-state index contributed by atoms with van der Waals surface area (Å²) in [5.41, 5.74) is 0. The van der Waals surface area contributed by atoms with Crippen LogP contribution in [0.3, 0.4) is 0 Å². The minimum absolute atomic E-state index is 0.302. The third-order valence-electron chi connectivity index (χ3n) is 3.81. The van der Waals surface area contributed by atoms with Crippen LogP contribution in [-0.2, 0) is 10.0 Å². The van der Waals surface area contributed by atoms with Crippen molar-refractivity contribution < 1.29 is 8.42 Å². The Kier molecular flexibility index (Phi) is 5.64. The van der Waals surface area contributed by atoms with Crippen LogP contribution in [0.2, 0.25) is 0 Å². The normalized spacial score (nSPS) is 22.9. The van der Waals surface area contributed by atoms with Crippen LogP contribution in [0.25, 0.3) is 0 Å². The lowest BCUT2D eigenvalue weighted by Gasteiger charge is -2.32. The van der Waals surface area contributed by atoms with Crippen molar-refractivity contribution in [1.29, 1.82) is 0 Å². The van der Waals surface area contributed by atoms with E-state index in [1.165, 1.54) is 11.1 Å². The highest BCUT2D eigenvalue weighted by molar-refractivity contribution is 9.11. The molecule has 1 aromatic rings. The van der Waals surface area contributed by atoms with Crippen molar-refractivity contribution in [2.24, 2.45) is 5.92 Å². The molecule has 2 rings (SSSR count). The van der Waals surface area contributed by atoms with E-state index in [0.717, 1.165) is 23.0 Å². The van der Waals surface area contributed by atoms with Crippen LogP contribution in [0, 0.1) is 5.92 Å². The van der Waals surface area contributed by atoms with Crippen LogP contribution < -0.4 is 5.32 Å². The average molecular weight is 381 g/mol. The molecule has 1 fully saturated rings. The quantitative estimate of drug-likeness (QED) is 0.853. The molecule has 0 aromatic carbocycles. The number of nitrogens with one attached hydrogen (secondary N) is 1. The van der Waals surface area contributed by atoms with E-state index < -0.39 is 10.0 Å². The molecular weight excluding hydrogens is 360 g/mol. The molecule has 0 radical (unpaired) electrons. The largest absolute Gasteiger partial charge is 0.312 e. The van der Waals surface area contributed by atoms with E-state index in [2.05, 4.69) is 33.4 Å². The second-order valence-corrected chi connectivity index (χ2v) is 9.83. The molecule has 1 aromatic heterocycles. The van der Waals surface area contributed by atoms with Crippen molar-refractivity contribution in [2.75, 3.05) is 26.4 Å². The number of thiophene rings is 1. The molecule has 1 N–H and O–H groups in total. The first-order valence-corrected chi connectivity index (χ1v) is 10.2. The fourth-order valence-electron chi connectivity index (χ4n) is 2.75. The lowest BCUT2D eigenvalue weighted by atomic mass is 9.92. The maximum Gasteiger partial charge on any atom is 0.211 e. The van der Waals surface area contributed by atoms with Crippen LogP contribution in [0.15, 0.2) is 15.9 Å². The lowest BCUT2D eigenvalue weighted by molar-refractivity contribution is 0.241. The van der Waals surface area contributed by atoms with Crippen molar-refractivity contribution in [2.45, 2.75) is 25.3 Å². The summed E-state index contributed by atoms with van der Waals surface area (Å²) in [5, 5.41) is 3.35. The van der Waals surface area contributed by atoms with E-state index in [9.17, 15) is 8.42 Å². The van der Waals surface area contributed by atoms with Gasteiger partial charge in [-0.3, -0.25) is 0 Å².